The van der Waals surface area contributed by atoms with E-state index in [1.807, 2.05) is 30.3 Å². The monoisotopic (exact) mass is 457 g/mol. The van der Waals surface area contributed by atoms with Crippen molar-refractivity contribution >= 4 is 17.5 Å². The van der Waals surface area contributed by atoms with E-state index in [1.54, 1.807) is 42.6 Å². The fourth-order valence-corrected chi connectivity index (χ4v) is 4.61. The van der Waals surface area contributed by atoms with Gasteiger partial charge in [-0.2, -0.15) is 0 Å². The van der Waals surface area contributed by atoms with Gasteiger partial charge in [0.1, 0.15) is 11.7 Å². The number of benzene rings is 2. The summed E-state index contributed by atoms with van der Waals surface area (Å²) in [6.45, 7) is 0.122. The van der Waals surface area contributed by atoms with Crippen molar-refractivity contribution in [3.05, 3.63) is 84.2 Å². The third-order valence-electron chi connectivity index (χ3n) is 6.31. The molecule has 1 atom stereocenters. The average molecular weight is 458 g/mol. The Labute approximate surface area is 198 Å². The highest BCUT2D eigenvalue weighted by Gasteiger charge is 2.35. The van der Waals surface area contributed by atoms with Crippen LogP contribution in [-0.4, -0.2) is 29.6 Å². The number of hydrogen-bond donors (Lipinski definition) is 1. The summed E-state index contributed by atoms with van der Waals surface area (Å²) in [7, 11) is 0. The Hall–Kier alpha value is -3.87. The van der Waals surface area contributed by atoms with Crippen molar-refractivity contribution in [1.29, 1.82) is 0 Å². The minimum atomic E-state index is -0.877. The molecule has 7 nitrogen and oxygen atoms in total. The highest BCUT2D eigenvalue weighted by Crippen LogP contribution is 2.38. The van der Waals surface area contributed by atoms with Crippen LogP contribution in [0.1, 0.15) is 54.2 Å². The Bertz CT molecular complexity index is 1150. The highest BCUT2D eigenvalue weighted by atomic mass is 16.7. The number of pyridine rings is 1. The quantitative estimate of drug-likeness (QED) is 0.583. The van der Waals surface area contributed by atoms with Crippen molar-refractivity contribution in [2.75, 3.05) is 11.7 Å². The molecule has 1 aromatic heterocycles. The van der Waals surface area contributed by atoms with Gasteiger partial charge in [-0.1, -0.05) is 55.7 Å². The van der Waals surface area contributed by atoms with Gasteiger partial charge in [0.2, 0.25) is 12.7 Å². The van der Waals surface area contributed by atoms with E-state index in [-0.39, 0.29) is 30.3 Å². The molecule has 0 spiro atoms. The molecule has 1 aliphatic carbocycles. The van der Waals surface area contributed by atoms with Crippen LogP contribution in [0.25, 0.3) is 0 Å². The van der Waals surface area contributed by atoms with Crippen LogP contribution in [0.3, 0.4) is 0 Å². The van der Waals surface area contributed by atoms with E-state index in [2.05, 4.69) is 10.3 Å². The second-order valence-corrected chi connectivity index (χ2v) is 8.58. The smallest absolute Gasteiger partial charge is 0.277 e. The number of anilines is 1. The zero-order chi connectivity index (χ0) is 23.3. The SMILES string of the molecule is O=C(NC1CCCCC1)[C@@H](c1ccccc1)N(C(=O)c1ccccn1)c1ccc2c(c1)OCO2. The van der Waals surface area contributed by atoms with E-state index < -0.39 is 6.04 Å². The van der Waals surface area contributed by atoms with Crippen LogP contribution >= 0.6 is 0 Å². The Balaban J connectivity index is 1.59. The van der Waals surface area contributed by atoms with E-state index in [4.69, 9.17) is 9.47 Å². The largest absolute Gasteiger partial charge is 0.454 e. The van der Waals surface area contributed by atoms with Gasteiger partial charge >= 0.3 is 0 Å². The van der Waals surface area contributed by atoms with Crippen LogP contribution in [0, 0.1) is 0 Å². The fourth-order valence-electron chi connectivity index (χ4n) is 4.61. The van der Waals surface area contributed by atoms with Crippen LogP contribution in [0.5, 0.6) is 11.5 Å². The maximum Gasteiger partial charge on any atom is 0.277 e. The van der Waals surface area contributed by atoms with Crippen molar-refractivity contribution in [2.24, 2.45) is 0 Å². The number of carbonyl (C=O) groups excluding carboxylic acids is 2. The third-order valence-corrected chi connectivity index (χ3v) is 6.31. The van der Waals surface area contributed by atoms with E-state index >= 15 is 0 Å². The van der Waals surface area contributed by atoms with E-state index in [1.165, 1.54) is 11.3 Å². The number of aromatic nitrogens is 1. The van der Waals surface area contributed by atoms with Crippen LogP contribution in [0.15, 0.2) is 72.9 Å². The number of ether oxygens (including phenoxy) is 2. The summed E-state index contributed by atoms with van der Waals surface area (Å²) in [6, 6.07) is 19.1. The molecule has 174 valence electrons. The van der Waals surface area contributed by atoms with E-state index in [0.717, 1.165) is 31.2 Å². The lowest BCUT2D eigenvalue weighted by Gasteiger charge is -2.33. The summed E-state index contributed by atoms with van der Waals surface area (Å²) >= 11 is 0. The number of fused-ring (bicyclic) bond motifs is 1. The first-order valence-corrected chi connectivity index (χ1v) is 11.7. The molecule has 0 radical (unpaired) electrons. The Morgan fingerprint density at radius 3 is 2.44 bits per heavy atom. The molecular formula is C27H27N3O4. The summed E-state index contributed by atoms with van der Waals surface area (Å²) in [4.78, 5) is 33.5. The molecule has 0 bridgehead atoms. The fraction of sp³-hybridized carbons (Fsp3) is 0.296. The van der Waals surface area contributed by atoms with Gasteiger partial charge in [-0.05, 0) is 42.7 Å². The standard InChI is InChI=1S/C27H27N3O4/c31-26(29-20-11-5-2-6-12-20)25(19-9-3-1-4-10-19)30(27(32)22-13-7-8-16-28-22)21-14-15-23-24(17-21)34-18-33-23/h1,3-4,7-10,13-17,20,25H,2,5-6,11-12,18H2,(H,29,31)/t25-/m1/s1. The molecule has 2 amide bonds. The third kappa shape index (κ3) is 4.59. The summed E-state index contributed by atoms with van der Waals surface area (Å²) in [5.41, 5.74) is 1.51. The molecule has 2 aromatic carbocycles. The van der Waals surface area contributed by atoms with Gasteiger partial charge in [0.15, 0.2) is 11.5 Å². The predicted molar refractivity (Wildman–Crippen MR) is 128 cm³/mol. The second kappa shape index (κ2) is 9.95. The lowest BCUT2D eigenvalue weighted by molar-refractivity contribution is -0.123. The summed E-state index contributed by atoms with van der Waals surface area (Å²) < 4.78 is 11.0. The number of hydrogen-bond acceptors (Lipinski definition) is 5. The Morgan fingerprint density at radius 2 is 1.68 bits per heavy atom. The van der Waals surface area contributed by atoms with Crippen molar-refractivity contribution in [1.82, 2.24) is 10.3 Å². The van der Waals surface area contributed by atoms with Crippen molar-refractivity contribution in [3.63, 3.8) is 0 Å². The molecule has 2 heterocycles. The summed E-state index contributed by atoms with van der Waals surface area (Å²) in [5, 5.41) is 3.22. The van der Waals surface area contributed by atoms with E-state index in [0.29, 0.717) is 17.2 Å². The first-order chi connectivity index (χ1) is 16.7. The minimum Gasteiger partial charge on any atom is -0.454 e. The molecule has 0 saturated heterocycles. The zero-order valence-electron chi connectivity index (χ0n) is 18.9. The summed E-state index contributed by atoms with van der Waals surface area (Å²) in [6.07, 6.45) is 6.86. The zero-order valence-corrected chi connectivity index (χ0v) is 18.9. The van der Waals surface area contributed by atoms with Gasteiger partial charge in [-0.25, -0.2) is 0 Å². The highest BCUT2D eigenvalue weighted by molar-refractivity contribution is 6.09. The van der Waals surface area contributed by atoms with Gasteiger partial charge < -0.3 is 14.8 Å². The van der Waals surface area contributed by atoms with Crippen LogP contribution in [0.4, 0.5) is 5.69 Å². The molecule has 1 fully saturated rings. The van der Waals surface area contributed by atoms with Crippen LogP contribution < -0.4 is 19.7 Å². The molecule has 7 heteroatoms. The number of amides is 2. The van der Waals surface area contributed by atoms with Crippen molar-refractivity contribution < 1.29 is 19.1 Å². The molecule has 1 N–H and O–H groups in total. The van der Waals surface area contributed by atoms with Gasteiger partial charge in [-0.15, -0.1) is 0 Å². The Morgan fingerprint density at radius 1 is 0.912 bits per heavy atom. The van der Waals surface area contributed by atoms with Crippen LogP contribution in [0.2, 0.25) is 0 Å². The van der Waals surface area contributed by atoms with Crippen molar-refractivity contribution in [3.8, 4) is 11.5 Å². The van der Waals surface area contributed by atoms with Gasteiger partial charge in [0.25, 0.3) is 5.91 Å². The molecule has 1 aliphatic heterocycles. The number of carbonyl (C=O) groups is 2. The first kappa shape index (κ1) is 21.9. The molecule has 3 aromatic rings. The Kier molecular flexibility index (Phi) is 6.42. The van der Waals surface area contributed by atoms with Crippen molar-refractivity contribution in [2.45, 2.75) is 44.2 Å². The second-order valence-electron chi connectivity index (χ2n) is 8.58. The maximum atomic E-state index is 13.9. The number of rotatable bonds is 6. The maximum absolute atomic E-state index is 13.9. The molecule has 1 saturated carbocycles. The van der Waals surface area contributed by atoms with Crippen LogP contribution in [-0.2, 0) is 4.79 Å². The molecular weight excluding hydrogens is 430 g/mol. The van der Waals surface area contributed by atoms with Gasteiger partial charge in [-0.3, -0.25) is 19.5 Å². The molecule has 2 aliphatic rings. The average Bonchev–Trinajstić information content (AvgIpc) is 3.36. The minimum absolute atomic E-state index is 0.107. The molecule has 5 rings (SSSR count). The number of nitrogens with zero attached hydrogens (tertiary/aromatic N) is 2. The topological polar surface area (TPSA) is 80.8 Å². The summed E-state index contributed by atoms with van der Waals surface area (Å²) in [5.74, 6) is 0.569. The van der Waals surface area contributed by atoms with E-state index in [9.17, 15) is 9.59 Å². The lowest BCUT2D eigenvalue weighted by atomic mass is 9.94. The predicted octanol–water partition coefficient (Wildman–Crippen LogP) is 4.65. The number of nitrogens with one attached hydrogen (secondary N) is 1. The van der Waals surface area contributed by atoms with Gasteiger partial charge in [0, 0.05) is 24.0 Å². The first-order valence-electron chi connectivity index (χ1n) is 11.7. The normalized spacial score (nSPS) is 16.0. The molecule has 0 unspecified atom stereocenters. The lowest BCUT2D eigenvalue weighted by Crippen LogP contribution is -2.47. The molecule has 34 heavy (non-hydrogen) atoms. The van der Waals surface area contributed by atoms with Gasteiger partial charge in [0.05, 0.1) is 0 Å².